The Bertz CT molecular complexity index is 451. The van der Waals surface area contributed by atoms with Gasteiger partial charge in [-0.25, -0.2) is 4.79 Å². The molecule has 0 aromatic rings. The van der Waals surface area contributed by atoms with Crippen LogP contribution < -0.4 is 0 Å². The van der Waals surface area contributed by atoms with Gasteiger partial charge in [0, 0.05) is 33.8 Å². The quantitative estimate of drug-likeness (QED) is 0.150. The van der Waals surface area contributed by atoms with E-state index in [1.54, 1.807) is 19.3 Å². The molecule has 0 amide bonds. The van der Waals surface area contributed by atoms with Gasteiger partial charge in [-0.1, -0.05) is 18.7 Å². The number of ether oxygens (including phenoxy) is 7. The zero-order chi connectivity index (χ0) is 21.2. The van der Waals surface area contributed by atoms with Gasteiger partial charge >= 0.3 is 5.97 Å². The van der Waals surface area contributed by atoms with Crippen LogP contribution in [-0.4, -0.2) is 72.1 Å². The summed E-state index contributed by atoms with van der Waals surface area (Å²) in [5.74, 6) is -0.494. The number of carbonyl (C=O) groups is 1. The Hall–Kier alpha value is -1.55. The van der Waals surface area contributed by atoms with E-state index in [1.165, 1.54) is 14.2 Å². The average Bonchev–Trinajstić information content (AvgIpc) is 2.69. The van der Waals surface area contributed by atoms with Crippen LogP contribution in [0.4, 0.5) is 0 Å². The summed E-state index contributed by atoms with van der Waals surface area (Å²) in [5, 5.41) is 0. The number of hydrogen-bond acceptors (Lipinski definition) is 8. The lowest BCUT2D eigenvalue weighted by Gasteiger charge is -2.30. The van der Waals surface area contributed by atoms with E-state index in [-0.39, 0.29) is 26.5 Å². The minimum Gasteiger partial charge on any atom is -0.455 e. The molecule has 8 nitrogen and oxygen atoms in total. The van der Waals surface area contributed by atoms with Gasteiger partial charge < -0.3 is 33.2 Å². The fourth-order valence-corrected chi connectivity index (χ4v) is 2.31. The van der Waals surface area contributed by atoms with Crippen molar-refractivity contribution in [3.63, 3.8) is 0 Å². The molecule has 0 saturated heterocycles. The van der Waals surface area contributed by atoms with Crippen LogP contribution in [0.3, 0.4) is 0 Å². The summed E-state index contributed by atoms with van der Waals surface area (Å²) in [4.78, 5) is 11.4. The van der Waals surface area contributed by atoms with Crippen LogP contribution in [0.25, 0.3) is 0 Å². The highest BCUT2D eigenvalue weighted by molar-refractivity contribution is 5.81. The lowest BCUT2D eigenvalue weighted by molar-refractivity contribution is -0.202. The molecule has 0 heterocycles. The molecule has 0 radical (unpaired) electrons. The molecule has 0 aromatic heterocycles. The van der Waals surface area contributed by atoms with Crippen LogP contribution in [-0.2, 0) is 38.0 Å². The van der Waals surface area contributed by atoms with Gasteiger partial charge in [0.2, 0.25) is 0 Å². The zero-order valence-corrected chi connectivity index (χ0v) is 17.3. The third-order valence-electron chi connectivity index (χ3n) is 3.61. The average molecular weight is 402 g/mol. The van der Waals surface area contributed by atoms with Crippen LogP contribution in [0, 0.1) is 0 Å². The molecule has 0 aliphatic heterocycles. The molecule has 4 atom stereocenters. The van der Waals surface area contributed by atoms with Gasteiger partial charge in [-0.2, -0.15) is 0 Å². The second-order valence-electron chi connectivity index (χ2n) is 5.80. The van der Waals surface area contributed by atoms with Crippen molar-refractivity contribution >= 4 is 5.97 Å². The molecule has 0 rings (SSSR count). The molecule has 8 heteroatoms. The van der Waals surface area contributed by atoms with Crippen LogP contribution >= 0.6 is 0 Å². The van der Waals surface area contributed by atoms with Gasteiger partial charge in [-0.05, 0) is 19.4 Å². The van der Waals surface area contributed by atoms with Gasteiger partial charge in [-0.15, -0.1) is 6.58 Å². The van der Waals surface area contributed by atoms with Crippen molar-refractivity contribution in [2.75, 3.05) is 41.7 Å². The maximum absolute atomic E-state index is 11.4. The predicted octanol–water partition coefficient (Wildman–Crippen LogP) is 2.59. The first-order valence-corrected chi connectivity index (χ1v) is 8.96. The highest BCUT2D eigenvalue weighted by Gasteiger charge is 2.29. The standard InChI is InChI=1S/C20H34O8/c1-7-10-17(28-19(21)8-2)11-9-12-18(26-14-23-5)20(27-15-24-6)16(3)25-13-22-4/h7-9,11,16-18,20H,1-2,10,12-15H2,3-6H3/b11-9+/t16-,17-,18-,20-/m1/s1. The molecule has 0 spiro atoms. The normalized spacial score (nSPS) is 15.7. The second kappa shape index (κ2) is 17.5. The Labute approximate surface area is 168 Å². The van der Waals surface area contributed by atoms with E-state index in [0.717, 1.165) is 6.08 Å². The van der Waals surface area contributed by atoms with Crippen LogP contribution in [0.15, 0.2) is 37.5 Å². The van der Waals surface area contributed by atoms with E-state index in [2.05, 4.69) is 13.2 Å². The molecule has 0 aromatic carbocycles. The second-order valence-corrected chi connectivity index (χ2v) is 5.80. The minimum atomic E-state index is -0.494. The summed E-state index contributed by atoms with van der Waals surface area (Å²) in [5.41, 5.74) is 0. The maximum Gasteiger partial charge on any atom is 0.330 e. The molecule has 0 unspecified atom stereocenters. The number of methoxy groups -OCH3 is 3. The van der Waals surface area contributed by atoms with Crippen molar-refractivity contribution in [3.8, 4) is 0 Å². The molecule has 0 N–H and O–H groups in total. The highest BCUT2D eigenvalue weighted by atomic mass is 16.7. The maximum atomic E-state index is 11.4. The van der Waals surface area contributed by atoms with Crippen molar-refractivity contribution < 1.29 is 38.0 Å². The van der Waals surface area contributed by atoms with Gasteiger partial charge in [-0.3, -0.25) is 0 Å². The summed E-state index contributed by atoms with van der Waals surface area (Å²) in [6.07, 6.45) is 5.79. The Balaban J connectivity index is 5.15. The lowest BCUT2D eigenvalue weighted by Crippen LogP contribution is -2.42. The van der Waals surface area contributed by atoms with Crippen molar-refractivity contribution in [2.45, 2.75) is 44.2 Å². The third kappa shape index (κ3) is 12.0. The fraction of sp³-hybridized carbons (Fsp3) is 0.650. The van der Waals surface area contributed by atoms with E-state index in [4.69, 9.17) is 33.2 Å². The SMILES string of the molecule is C=CC[C@H](/C=C/C[C@@H](OCOC)[C@H](OCOC)[C@@H](C)OCOC)OC(=O)C=C. The Morgan fingerprint density at radius 3 is 2.11 bits per heavy atom. The highest BCUT2D eigenvalue weighted by Crippen LogP contribution is 2.17. The summed E-state index contributed by atoms with van der Waals surface area (Å²) in [7, 11) is 4.62. The Kier molecular flexibility index (Phi) is 16.6. The number of esters is 1. The smallest absolute Gasteiger partial charge is 0.330 e. The Morgan fingerprint density at radius 2 is 1.54 bits per heavy atom. The first kappa shape index (κ1) is 26.4. The number of rotatable bonds is 18. The lowest BCUT2D eigenvalue weighted by atomic mass is 10.0. The van der Waals surface area contributed by atoms with Gasteiger partial charge in [0.1, 0.15) is 32.6 Å². The molecule has 0 saturated carbocycles. The summed E-state index contributed by atoms with van der Waals surface area (Å²) < 4.78 is 37.4. The van der Waals surface area contributed by atoms with E-state index in [9.17, 15) is 4.79 Å². The molecule has 0 aliphatic carbocycles. The molecule has 28 heavy (non-hydrogen) atoms. The molecule has 0 fully saturated rings. The fourth-order valence-electron chi connectivity index (χ4n) is 2.31. The number of carbonyl (C=O) groups excluding carboxylic acids is 1. The van der Waals surface area contributed by atoms with Crippen molar-refractivity contribution in [3.05, 3.63) is 37.5 Å². The zero-order valence-electron chi connectivity index (χ0n) is 17.3. The first-order chi connectivity index (χ1) is 13.5. The predicted molar refractivity (Wildman–Crippen MR) is 105 cm³/mol. The Morgan fingerprint density at radius 1 is 0.929 bits per heavy atom. The van der Waals surface area contributed by atoms with Crippen molar-refractivity contribution in [1.29, 1.82) is 0 Å². The van der Waals surface area contributed by atoms with Crippen molar-refractivity contribution in [2.24, 2.45) is 0 Å². The van der Waals surface area contributed by atoms with Crippen LogP contribution in [0.1, 0.15) is 19.8 Å². The van der Waals surface area contributed by atoms with E-state index in [0.29, 0.717) is 12.8 Å². The van der Waals surface area contributed by atoms with Gasteiger partial charge in [0.25, 0.3) is 0 Å². The largest absolute Gasteiger partial charge is 0.455 e. The summed E-state index contributed by atoms with van der Waals surface area (Å²) >= 11 is 0. The summed E-state index contributed by atoms with van der Waals surface area (Å²) in [6.45, 7) is 9.23. The molecular weight excluding hydrogens is 368 g/mol. The third-order valence-corrected chi connectivity index (χ3v) is 3.61. The minimum absolute atomic E-state index is 0.0813. The van der Waals surface area contributed by atoms with Gasteiger partial charge in [0.15, 0.2) is 0 Å². The van der Waals surface area contributed by atoms with Crippen molar-refractivity contribution in [1.82, 2.24) is 0 Å². The van der Waals surface area contributed by atoms with E-state index >= 15 is 0 Å². The molecule has 0 aliphatic rings. The van der Waals surface area contributed by atoms with E-state index in [1.807, 2.05) is 13.0 Å². The monoisotopic (exact) mass is 402 g/mol. The van der Waals surface area contributed by atoms with Crippen LogP contribution in [0.5, 0.6) is 0 Å². The van der Waals surface area contributed by atoms with Crippen LogP contribution in [0.2, 0.25) is 0 Å². The topological polar surface area (TPSA) is 81.7 Å². The molecular formula is C20H34O8. The first-order valence-electron chi connectivity index (χ1n) is 8.96. The molecule has 162 valence electrons. The van der Waals surface area contributed by atoms with Gasteiger partial charge in [0.05, 0.1) is 12.2 Å². The van der Waals surface area contributed by atoms with E-state index < -0.39 is 24.3 Å². The number of hydrogen-bond donors (Lipinski definition) is 0. The summed E-state index contributed by atoms with van der Waals surface area (Å²) in [6, 6.07) is 0. The molecule has 0 bridgehead atoms.